The van der Waals surface area contributed by atoms with Crippen LogP contribution in [0.3, 0.4) is 0 Å². The van der Waals surface area contributed by atoms with E-state index < -0.39 is 18.4 Å². The molecule has 0 aliphatic rings. The number of aromatic nitrogens is 5. The minimum atomic E-state index is -2.59. The Balaban J connectivity index is 2.02. The molecule has 5 aromatic rings. The average molecular weight is 371 g/mol. The first-order valence-electron chi connectivity index (χ1n) is 9.12. The van der Waals surface area contributed by atoms with Crippen molar-refractivity contribution in [3.63, 3.8) is 0 Å². The predicted molar refractivity (Wildman–Crippen MR) is 98.4 cm³/mol. The molecule has 2 aromatic carbocycles. The van der Waals surface area contributed by atoms with E-state index in [-0.39, 0.29) is 15.9 Å². The van der Waals surface area contributed by atoms with Gasteiger partial charge >= 0.3 is 0 Å². The van der Waals surface area contributed by atoms with Crippen LogP contribution in [0.4, 0.5) is 4.39 Å². The van der Waals surface area contributed by atoms with Gasteiger partial charge in [-0.15, -0.1) is 0 Å². The van der Waals surface area contributed by atoms with Gasteiger partial charge < -0.3 is 0 Å². The number of hydrogen-bond donors (Lipinski definition) is 1. The molecule has 6 nitrogen and oxygen atoms in total. The molecule has 0 saturated carbocycles. The van der Waals surface area contributed by atoms with Crippen LogP contribution in [-0.4, -0.2) is 24.5 Å². The molecule has 5 rings (SSSR count). The summed E-state index contributed by atoms with van der Waals surface area (Å²) < 4.78 is 39.1. The lowest BCUT2D eigenvalue weighted by Crippen LogP contribution is -2.19. The maximum atomic E-state index is 14.3. The number of pyridine rings is 1. The van der Waals surface area contributed by atoms with Crippen molar-refractivity contribution in [2.45, 2.75) is 0 Å². The highest BCUT2D eigenvalue weighted by atomic mass is 35.5. The van der Waals surface area contributed by atoms with E-state index in [0.717, 1.165) is 4.68 Å². The van der Waals surface area contributed by atoms with Gasteiger partial charge in [-0.3, -0.25) is 19.1 Å². The Morgan fingerprint density at radius 1 is 1.27 bits per heavy atom. The number of aryl methyl sites for hydroxylation is 1. The molecule has 3 aromatic heterocycles. The third-order valence-electron chi connectivity index (χ3n) is 4.39. The maximum Gasteiger partial charge on any atom is 0.284 e. The second kappa shape index (κ2) is 5.15. The van der Waals surface area contributed by atoms with Crippen molar-refractivity contribution in [3.05, 3.63) is 63.9 Å². The molecule has 0 fully saturated rings. The second-order valence-corrected chi connectivity index (χ2v) is 6.28. The lowest BCUT2D eigenvalue weighted by atomic mass is 10.1. The Morgan fingerprint density at radius 2 is 2.15 bits per heavy atom. The molecule has 0 aliphatic heterocycles. The van der Waals surface area contributed by atoms with E-state index in [0.29, 0.717) is 27.5 Å². The number of halogens is 2. The van der Waals surface area contributed by atoms with Gasteiger partial charge in [0.1, 0.15) is 5.82 Å². The topological polar surface area (TPSA) is 68.5 Å². The molecule has 128 valence electrons. The van der Waals surface area contributed by atoms with Crippen LogP contribution >= 0.6 is 11.6 Å². The van der Waals surface area contributed by atoms with Crippen molar-refractivity contribution in [1.29, 1.82) is 0 Å². The number of nitrogens with zero attached hydrogens (tertiary/aromatic N) is 4. The molecule has 26 heavy (non-hydrogen) atoms. The largest absolute Gasteiger partial charge is 0.284 e. The molecule has 0 amide bonds. The van der Waals surface area contributed by atoms with Crippen molar-refractivity contribution in [3.8, 4) is 5.69 Å². The zero-order chi connectivity index (χ0) is 20.5. The summed E-state index contributed by atoms with van der Waals surface area (Å²) in [6.45, 7) is -2.59. The monoisotopic (exact) mass is 370 g/mol. The lowest BCUT2D eigenvalue weighted by molar-refractivity contribution is 0.630. The summed E-state index contributed by atoms with van der Waals surface area (Å²) in [7, 11) is 0. The van der Waals surface area contributed by atoms with Gasteiger partial charge in [0.15, 0.2) is 5.52 Å². The number of aromatic amines is 1. The van der Waals surface area contributed by atoms with Crippen LogP contribution in [0.2, 0.25) is 5.02 Å². The summed E-state index contributed by atoms with van der Waals surface area (Å²) in [5.74, 6) is -0.686. The number of fused-ring (bicyclic) bond motifs is 4. The van der Waals surface area contributed by atoms with Gasteiger partial charge in [0.25, 0.3) is 5.56 Å². The summed E-state index contributed by atoms with van der Waals surface area (Å²) in [5.41, 5.74) is 0.874. The second-order valence-electron chi connectivity index (χ2n) is 5.87. The minimum absolute atomic E-state index is 0.0872. The average Bonchev–Trinajstić information content (AvgIpc) is 3.31. The van der Waals surface area contributed by atoms with Crippen LogP contribution < -0.4 is 5.56 Å². The standard InChI is InChI=1S/C18H11ClFN5O/c1-24-8-11-9-5-13(20)12(19)6-16(9)25(18(26)17(11)23-24)15-4-2-3-14-10(15)7-21-22-14/h2-8H,1H3,(H,21,22)/i1D3. The first-order chi connectivity index (χ1) is 13.8. The minimum Gasteiger partial charge on any atom is -0.278 e. The fraction of sp³-hybridized carbons (Fsp3) is 0.0556. The van der Waals surface area contributed by atoms with Crippen molar-refractivity contribution in [1.82, 2.24) is 24.5 Å². The van der Waals surface area contributed by atoms with E-state index in [4.69, 9.17) is 15.7 Å². The van der Waals surface area contributed by atoms with E-state index in [1.165, 1.54) is 22.9 Å². The Bertz CT molecular complexity index is 1500. The fourth-order valence-corrected chi connectivity index (χ4v) is 3.43. The van der Waals surface area contributed by atoms with Crippen LogP contribution in [0, 0.1) is 5.82 Å². The van der Waals surface area contributed by atoms with Gasteiger partial charge in [0.2, 0.25) is 0 Å². The zero-order valence-corrected chi connectivity index (χ0v) is 13.8. The van der Waals surface area contributed by atoms with Gasteiger partial charge in [-0.2, -0.15) is 10.2 Å². The van der Waals surface area contributed by atoms with Crippen LogP contribution in [0.5, 0.6) is 0 Å². The highest BCUT2D eigenvalue weighted by Gasteiger charge is 2.18. The molecule has 3 heterocycles. The highest BCUT2D eigenvalue weighted by molar-refractivity contribution is 6.31. The van der Waals surface area contributed by atoms with Crippen LogP contribution in [0.25, 0.3) is 38.4 Å². The number of hydrogen-bond acceptors (Lipinski definition) is 3. The van der Waals surface area contributed by atoms with E-state index in [2.05, 4.69) is 15.3 Å². The molecule has 0 unspecified atom stereocenters. The smallest absolute Gasteiger partial charge is 0.278 e. The summed E-state index contributed by atoms with van der Waals surface area (Å²) in [6, 6.07) is 7.77. The molecule has 0 saturated heterocycles. The predicted octanol–water partition coefficient (Wildman–Crippen LogP) is 3.55. The molecular weight excluding hydrogens is 357 g/mol. The molecular formula is C18H11ClFN5O. The molecule has 0 spiro atoms. The number of nitrogens with one attached hydrogen (secondary N) is 1. The van der Waals surface area contributed by atoms with E-state index in [9.17, 15) is 9.18 Å². The summed E-state index contributed by atoms with van der Waals surface area (Å²) in [4.78, 5) is 13.4. The van der Waals surface area contributed by atoms with Gasteiger partial charge in [0, 0.05) is 33.4 Å². The molecule has 1 N–H and O–H groups in total. The van der Waals surface area contributed by atoms with Crippen LogP contribution in [0.1, 0.15) is 4.11 Å². The normalized spacial score (nSPS) is 14.0. The van der Waals surface area contributed by atoms with Gasteiger partial charge in [-0.25, -0.2) is 4.39 Å². The quantitative estimate of drug-likeness (QED) is 0.490. The number of benzene rings is 2. The molecule has 0 bridgehead atoms. The van der Waals surface area contributed by atoms with Crippen LogP contribution in [0.15, 0.2) is 47.5 Å². The first kappa shape index (κ1) is 12.2. The van der Waals surface area contributed by atoms with Gasteiger partial charge in [-0.05, 0) is 24.3 Å². The first-order valence-corrected chi connectivity index (χ1v) is 7.99. The fourth-order valence-electron chi connectivity index (χ4n) is 3.27. The third kappa shape index (κ3) is 1.94. The zero-order valence-electron chi connectivity index (χ0n) is 16.0. The van der Waals surface area contributed by atoms with Crippen molar-refractivity contribution >= 4 is 44.3 Å². The third-order valence-corrected chi connectivity index (χ3v) is 4.68. The Hall–Kier alpha value is -3.19. The molecule has 0 aliphatic carbocycles. The van der Waals surface area contributed by atoms with Crippen molar-refractivity contribution in [2.75, 3.05) is 0 Å². The Labute approximate surface area is 154 Å². The Morgan fingerprint density at radius 3 is 3.00 bits per heavy atom. The number of rotatable bonds is 1. The van der Waals surface area contributed by atoms with Crippen molar-refractivity contribution in [2.24, 2.45) is 6.98 Å². The van der Waals surface area contributed by atoms with Crippen molar-refractivity contribution < 1.29 is 8.50 Å². The van der Waals surface area contributed by atoms with E-state index in [1.807, 2.05) is 0 Å². The van der Waals surface area contributed by atoms with E-state index in [1.54, 1.807) is 24.4 Å². The SMILES string of the molecule is [2H]C([2H])([2H])n1cc2c(n1)c(=O)n(-c1cccc3[nH]ncc13)c1cc(Cl)c(F)cc21. The van der Waals surface area contributed by atoms with Crippen LogP contribution in [-0.2, 0) is 6.98 Å². The van der Waals surface area contributed by atoms with Gasteiger partial charge in [-0.1, -0.05) is 17.7 Å². The summed E-state index contributed by atoms with van der Waals surface area (Å²) >= 11 is 6.01. The van der Waals surface area contributed by atoms with E-state index >= 15 is 0 Å². The molecule has 0 atom stereocenters. The van der Waals surface area contributed by atoms with Gasteiger partial charge in [0.05, 0.1) is 27.9 Å². The maximum absolute atomic E-state index is 14.3. The lowest BCUT2D eigenvalue weighted by Gasteiger charge is -2.12. The highest BCUT2D eigenvalue weighted by Crippen LogP contribution is 2.30. The molecule has 8 heteroatoms. The summed E-state index contributed by atoms with van der Waals surface area (Å²) in [5, 5.41) is 11.9. The summed E-state index contributed by atoms with van der Waals surface area (Å²) in [6.07, 6.45) is 2.79. The molecule has 0 radical (unpaired) electrons. The number of H-pyrrole nitrogens is 1. The Kier molecular flexibility index (Phi) is 2.42.